The zero-order valence-corrected chi connectivity index (χ0v) is 9.24. The van der Waals surface area contributed by atoms with Crippen LogP contribution in [0.15, 0.2) is 30.3 Å². The molecule has 0 heterocycles. The molecule has 1 aromatic carbocycles. The van der Waals surface area contributed by atoms with E-state index in [4.69, 9.17) is 10.5 Å². The van der Waals surface area contributed by atoms with E-state index in [9.17, 15) is 0 Å². The molecule has 2 nitrogen and oxygen atoms in total. The molecular formula is C13H19NO. The predicted molar refractivity (Wildman–Crippen MR) is 63.4 cm³/mol. The van der Waals surface area contributed by atoms with E-state index in [2.05, 4.69) is 6.92 Å². The first-order valence-corrected chi connectivity index (χ1v) is 5.43. The van der Waals surface area contributed by atoms with Crippen LogP contribution in [0.25, 0.3) is 0 Å². The van der Waals surface area contributed by atoms with E-state index in [1.807, 2.05) is 30.3 Å². The van der Waals surface area contributed by atoms with Crippen LogP contribution in [0.4, 0.5) is 0 Å². The van der Waals surface area contributed by atoms with Gasteiger partial charge in [-0.05, 0) is 24.3 Å². The Morgan fingerprint density at radius 1 is 1.33 bits per heavy atom. The molecule has 0 fully saturated rings. The number of nitrogens with one attached hydrogen (secondary N) is 1. The van der Waals surface area contributed by atoms with Gasteiger partial charge in [0.05, 0.1) is 0 Å². The third-order valence-electron chi connectivity index (χ3n) is 2.48. The summed E-state index contributed by atoms with van der Waals surface area (Å²) in [4.78, 5) is 0. The second-order valence-corrected chi connectivity index (χ2v) is 4.09. The normalized spacial score (nSPS) is 12.4. The second-order valence-electron chi connectivity index (χ2n) is 4.09. The number of rotatable bonds is 6. The lowest BCUT2D eigenvalue weighted by Crippen LogP contribution is -2.08. The minimum absolute atomic E-state index is 0.222. The van der Waals surface area contributed by atoms with Crippen molar-refractivity contribution in [2.24, 2.45) is 5.92 Å². The lowest BCUT2D eigenvalue weighted by Gasteiger charge is -2.10. The van der Waals surface area contributed by atoms with Crippen molar-refractivity contribution in [3.8, 4) is 0 Å². The summed E-state index contributed by atoms with van der Waals surface area (Å²) < 4.78 is 0. The average Bonchev–Trinajstić information content (AvgIpc) is 2.19. The van der Waals surface area contributed by atoms with Crippen LogP contribution in [0, 0.1) is 11.3 Å². The lowest BCUT2D eigenvalue weighted by atomic mass is 9.97. The van der Waals surface area contributed by atoms with Crippen molar-refractivity contribution in [1.29, 1.82) is 5.41 Å². The van der Waals surface area contributed by atoms with E-state index in [1.54, 1.807) is 0 Å². The molecule has 2 N–H and O–H groups in total. The van der Waals surface area contributed by atoms with E-state index >= 15 is 0 Å². The summed E-state index contributed by atoms with van der Waals surface area (Å²) in [7, 11) is 0. The molecule has 82 valence electrons. The highest BCUT2D eigenvalue weighted by molar-refractivity contribution is 5.83. The summed E-state index contributed by atoms with van der Waals surface area (Å²) in [5.74, 6) is 0.409. The van der Waals surface area contributed by atoms with Crippen LogP contribution in [-0.2, 0) is 6.42 Å². The predicted octanol–water partition coefficient (Wildman–Crippen LogP) is 2.66. The minimum atomic E-state index is 0.222. The Labute approximate surface area is 91.5 Å². The van der Waals surface area contributed by atoms with Gasteiger partial charge in [-0.3, -0.25) is 0 Å². The molecular weight excluding hydrogens is 186 g/mol. The molecule has 2 heteroatoms. The van der Waals surface area contributed by atoms with Crippen molar-refractivity contribution in [1.82, 2.24) is 0 Å². The van der Waals surface area contributed by atoms with Crippen molar-refractivity contribution >= 4 is 5.71 Å². The fourth-order valence-electron chi connectivity index (χ4n) is 1.66. The first-order valence-electron chi connectivity index (χ1n) is 5.43. The largest absolute Gasteiger partial charge is 0.396 e. The van der Waals surface area contributed by atoms with E-state index in [0.717, 1.165) is 25.0 Å². The molecule has 0 amide bonds. The van der Waals surface area contributed by atoms with E-state index in [-0.39, 0.29) is 6.61 Å². The van der Waals surface area contributed by atoms with Gasteiger partial charge in [0.15, 0.2) is 0 Å². The fourth-order valence-corrected chi connectivity index (χ4v) is 1.66. The molecule has 1 aromatic rings. The summed E-state index contributed by atoms with van der Waals surface area (Å²) in [6.07, 6.45) is 2.31. The van der Waals surface area contributed by atoms with Crippen LogP contribution in [0.3, 0.4) is 0 Å². The third-order valence-corrected chi connectivity index (χ3v) is 2.48. The molecule has 0 spiro atoms. The van der Waals surface area contributed by atoms with E-state index in [0.29, 0.717) is 5.92 Å². The Balaban J connectivity index is 2.36. The van der Waals surface area contributed by atoms with Crippen LogP contribution < -0.4 is 0 Å². The highest BCUT2D eigenvalue weighted by Crippen LogP contribution is 2.10. The summed E-state index contributed by atoms with van der Waals surface area (Å²) in [6, 6.07) is 10.1. The molecule has 0 aromatic heterocycles. The minimum Gasteiger partial charge on any atom is -0.396 e. The quantitative estimate of drug-likeness (QED) is 0.689. The standard InChI is InChI=1S/C13H19NO/c1-11(7-8-15)9-13(14)10-12-5-3-2-4-6-12/h2-6,11,14-15H,7-10H2,1H3. The zero-order chi connectivity index (χ0) is 11.1. The van der Waals surface area contributed by atoms with E-state index in [1.165, 1.54) is 5.56 Å². The molecule has 0 saturated carbocycles. The van der Waals surface area contributed by atoms with Gasteiger partial charge in [-0.2, -0.15) is 0 Å². The second kappa shape index (κ2) is 6.36. The average molecular weight is 205 g/mol. The van der Waals surface area contributed by atoms with Gasteiger partial charge in [-0.1, -0.05) is 37.3 Å². The summed E-state index contributed by atoms with van der Waals surface area (Å²) in [5.41, 5.74) is 1.95. The fraction of sp³-hybridized carbons (Fsp3) is 0.462. The van der Waals surface area contributed by atoms with Gasteiger partial charge in [0, 0.05) is 18.7 Å². The van der Waals surface area contributed by atoms with E-state index < -0.39 is 0 Å². The Morgan fingerprint density at radius 3 is 2.60 bits per heavy atom. The highest BCUT2D eigenvalue weighted by atomic mass is 16.3. The highest BCUT2D eigenvalue weighted by Gasteiger charge is 2.06. The zero-order valence-electron chi connectivity index (χ0n) is 9.24. The SMILES string of the molecule is CC(CCO)CC(=N)Cc1ccccc1. The topological polar surface area (TPSA) is 44.1 Å². The molecule has 0 aliphatic carbocycles. The maximum Gasteiger partial charge on any atom is 0.0433 e. The summed E-state index contributed by atoms with van der Waals surface area (Å²) in [6.45, 7) is 2.30. The maximum absolute atomic E-state index is 8.77. The molecule has 1 rings (SSSR count). The molecule has 0 radical (unpaired) electrons. The monoisotopic (exact) mass is 205 g/mol. The van der Waals surface area contributed by atoms with Gasteiger partial charge in [-0.15, -0.1) is 0 Å². The maximum atomic E-state index is 8.77. The van der Waals surface area contributed by atoms with Crippen molar-refractivity contribution in [3.05, 3.63) is 35.9 Å². The first kappa shape index (κ1) is 11.9. The smallest absolute Gasteiger partial charge is 0.0433 e. The van der Waals surface area contributed by atoms with Crippen LogP contribution in [-0.4, -0.2) is 17.4 Å². The van der Waals surface area contributed by atoms with Crippen molar-refractivity contribution < 1.29 is 5.11 Å². The Hall–Kier alpha value is -1.15. The Morgan fingerprint density at radius 2 is 2.00 bits per heavy atom. The number of aliphatic hydroxyl groups excluding tert-OH is 1. The van der Waals surface area contributed by atoms with Gasteiger partial charge in [0.1, 0.15) is 0 Å². The molecule has 1 atom stereocenters. The third kappa shape index (κ3) is 4.75. The Kier molecular flexibility index (Phi) is 5.05. The molecule has 15 heavy (non-hydrogen) atoms. The van der Waals surface area contributed by atoms with Gasteiger partial charge in [0.25, 0.3) is 0 Å². The van der Waals surface area contributed by atoms with Crippen molar-refractivity contribution in [2.75, 3.05) is 6.61 Å². The van der Waals surface area contributed by atoms with Crippen LogP contribution in [0.5, 0.6) is 0 Å². The number of hydrogen-bond acceptors (Lipinski definition) is 2. The van der Waals surface area contributed by atoms with Gasteiger partial charge in [-0.25, -0.2) is 0 Å². The number of benzene rings is 1. The van der Waals surface area contributed by atoms with Gasteiger partial charge >= 0.3 is 0 Å². The Bertz CT molecular complexity index is 295. The molecule has 0 bridgehead atoms. The molecule has 0 saturated heterocycles. The number of hydrogen-bond donors (Lipinski definition) is 2. The van der Waals surface area contributed by atoms with Crippen LogP contribution >= 0.6 is 0 Å². The van der Waals surface area contributed by atoms with Crippen molar-refractivity contribution in [2.45, 2.75) is 26.2 Å². The molecule has 0 aliphatic rings. The van der Waals surface area contributed by atoms with Crippen LogP contribution in [0.1, 0.15) is 25.3 Å². The van der Waals surface area contributed by atoms with Gasteiger partial charge < -0.3 is 10.5 Å². The van der Waals surface area contributed by atoms with Crippen molar-refractivity contribution in [3.63, 3.8) is 0 Å². The molecule has 1 unspecified atom stereocenters. The van der Waals surface area contributed by atoms with Crippen LogP contribution in [0.2, 0.25) is 0 Å². The van der Waals surface area contributed by atoms with Gasteiger partial charge in [0.2, 0.25) is 0 Å². The number of aliphatic hydroxyl groups is 1. The summed E-state index contributed by atoms with van der Waals surface area (Å²) >= 11 is 0. The molecule has 0 aliphatic heterocycles. The summed E-state index contributed by atoms with van der Waals surface area (Å²) in [5, 5.41) is 16.6. The first-order chi connectivity index (χ1) is 7.22. The lowest BCUT2D eigenvalue weighted by molar-refractivity contribution is 0.264.